The Morgan fingerprint density at radius 1 is 1.67 bits per heavy atom. The highest BCUT2D eigenvalue weighted by molar-refractivity contribution is 5.29. The molecule has 0 atom stereocenters. The first-order chi connectivity index (χ1) is 5.88. The molecular formula is C9H10N2O. The maximum absolute atomic E-state index is 8.65. The Morgan fingerprint density at radius 3 is 3.17 bits per heavy atom. The smallest absolute Gasteiger partial charge is 0.145 e. The van der Waals surface area contributed by atoms with Crippen molar-refractivity contribution in [3.05, 3.63) is 29.6 Å². The van der Waals surface area contributed by atoms with Gasteiger partial charge in [-0.2, -0.15) is 5.26 Å². The molecule has 0 aliphatic heterocycles. The van der Waals surface area contributed by atoms with Crippen LogP contribution in [0, 0.1) is 11.3 Å². The summed E-state index contributed by atoms with van der Waals surface area (Å²) in [5, 5.41) is 8.65. The minimum Gasteiger partial charge on any atom is -0.377 e. The van der Waals surface area contributed by atoms with Gasteiger partial charge in [-0.25, -0.2) is 4.98 Å². The van der Waals surface area contributed by atoms with Crippen molar-refractivity contribution in [2.24, 2.45) is 0 Å². The molecule has 62 valence electrons. The summed E-state index contributed by atoms with van der Waals surface area (Å²) in [5.41, 5.74) is 1.30. The largest absolute Gasteiger partial charge is 0.377 e. The van der Waals surface area contributed by atoms with Crippen LogP contribution in [0.5, 0.6) is 0 Å². The van der Waals surface area contributed by atoms with E-state index in [0.29, 0.717) is 18.9 Å². The van der Waals surface area contributed by atoms with E-state index >= 15 is 0 Å². The first-order valence-electron chi connectivity index (χ1n) is 3.80. The van der Waals surface area contributed by atoms with E-state index in [1.807, 2.05) is 19.1 Å². The van der Waals surface area contributed by atoms with Crippen LogP contribution in [0.3, 0.4) is 0 Å². The molecule has 0 saturated heterocycles. The van der Waals surface area contributed by atoms with Gasteiger partial charge in [0.2, 0.25) is 0 Å². The van der Waals surface area contributed by atoms with Gasteiger partial charge in [-0.15, -0.1) is 0 Å². The molecule has 0 unspecified atom stereocenters. The second-order valence-electron chi connectivity index (χ2n) is 2.26. The zero-order valence-corrected chi connectivity index (χ0v) is 6.95. The third-order valence-electron chi connectivity index (χ3n) is 1.46. The molecule has 1 rings (SSSR count). The molecule has 0 fully saturated rings. The summed E-state index contributed by atoms with van der Waals surface area (Å²) in [6, 6.07) is 5.66. The van der Waals surface area contributed by atoms with Crippen LogP contribution in [-0.4, -0.2) is 11.6 Å². The quantitative estimate of drug-likeness (QED) is 0.676. The number of hydrogen-bond donors (Lipinski definition) is 0. The lowest BCUT2D eigenvalue weighted by atomic mass is 10.2. The highest BCUT2D eigenvalue weighted by atomic mass is 16.5. The molecule has 3 nitrogen and oxygen atoms in total. The summed E-state index contributed by atoms with van der Waals surface area (Å²) in [6.45, 7) is 3.04. The van der Waals surface area contributed by atoms with Crippen molar-refractivity contribution in [1.82, 2.24) is 4.98 Å². The van der Waals surface area contributed by atoms with Gasteiger partial charge in [0, 0.05) is 18.4 Å². The van der Waals surface area contributed by atoms with Crippen molar-refractivity contribution in [1.29, 1.82) is 5.26 Å². The molecule has 12 heavy (non-hydrogen) atoms. The molecule has 1 aromatic heterocycles. The van der Waals surface area contributed by atoms with E-state index < -0.39 is 0 Å². The minimum absolute atomic E-state index is 0.450. The van der Waals surface area contributed by atoms with Gasteiger partial charge < -0.3 is 4.74 Å². The molecule has 3 heteroatoms. The SMILES string of the molecule is CCOCc1cccnc1C#N. The molecule has 0 amide bonds. The van der Waals surface area contributed by atoms with Crippen LogP contribution < -0.4 is 0 Å². The zero-order chi connectivity index (χ0) is 8.81. The molecule has 0 aliphatic rings. The van der Waals surface area contributed by atoms with Crippen LogP contribution in [0.4, 0.5) is 0 Å². The summed E-state index contributed by atoms with van der Waals surface area (Å²) in [6.07, 6.45) is 1.61. The maximum Gasteiger partial charge on any atom is 0.145 e. The van der Waals surface area contributed by atoms with Crippen LogP contribution in [-0.2, 0) is 11.3 Å². The first-order valence-corrected chi connectivity index (χ1v) is 3.80. The van der Waals surface area contributed by atoms with Crippen LogP contribution >= 0.6 is 0 Å². The predicted octanol–water partition coefficient (Wildman–Crippen LogP) is 1.49. The van der Waals surface area contributed by atoms with Gasteiger partial charge in [0.1, 0.15) is 11.8 Å². The Hall–Kier alpha value is -1.40. The molecule has 0 aromatic carbocycles. The lowest BCUT2D eigenvalue weighted by Gasteiger charge is -2.01. The lowest BCUT2D eigenvalue weighted by Crippen LogP contribution is -1.96. The molecule has 1 heterocycles. The molecule has 1 aromatic rings. The van der Waals surface area contributed by atoms with E-state index in [2.05, 4.69) is 4.98 Å². The number of nitriles is 1. The van der Waals surface area contributed by atoms with E-state index in [9.17, 15) is 0 Å². The fourth-order valence-electron chi connectivity index (χ4n) is 0.868. The average molecular weight is 162 g/mol. The van der Waals surface area contributed by atoms with Gasteiger partial charge in [0.25, 0.3) is 0 Å². The Morgan fingerprint density at radius 2 is 2.50 bits per heavy atom. The third-order valence-corrected chi connectivity index (χ3v) is 1.46. The summed E-state index contributed by atoms with van der Waals surface area (Å²) in [5.74, 6) is 0. The topological polar surface area (TPSA) is 45.9 Å². The van der Waals surface area contributed by atoms with Gasteiger partial charge >= 0.3 is 0 Å². The van der Waals surface area contributed by atoms with Crippen LogP contribution in [0.1, 0.15) is 18.2 Å². The van der Waals surface area contributed by atoms with E-state index in [1.165, 1.54) is 0 Å². The number of rotatable bonds is 3. The molecule has 0 saturated carbocycles. The van der Waals surface area contributed by atoms with Gasteiger partial charge in [-0.3, -0.25) is 0 Å². The fourth-order valence-corrected chi connectivity index (χ4v) is 0.868. The normalized spacial score (nSPS) is 9.33. The second-order valence-corrected chi connectivity index (χ2v) is 2.26. The van der Waals surface area contributed by atoms with Crippen molar-refractivity contribution in [2.75, 3.05) is 6.61 Å². The number of aromatic nitrogens is 1. The summed E-state index contributed by atoms with van der Waals surface area (Å²) < 4.78 is 5.17. The highest BCUT2D eigenvalue weighted by Crippen LogP contribution is 2.04. The fraction of sp³-hybridized carbons (Fsp3) is 0.333. The van der Waals surface area contributed by atoms with Crippen LogP contribution in [0.25, 0.3) is 0 Å². The Labute approximate surface area is 71.6 Å². The van der Waals surface area contributed by atoms with E-state index in [-0.39, 0.29) is 0 Å². The van der Waals surface area contributed by atoms with Gasteiger partial charge in [0.15, 0.2) is 0 Å². The van der Waals surface area contributed by atoms with Gasteiger partial charge in [0.05, 0.1) is 6.61 Å². The predicted molar refractivity (Wildman–Crippen MR) is 44.3 cm³/mol. The van der Waals surface area contributed by atoms with E-state index in [1.54, 1.807) is 12.3 Å². The van der Waals surface area contributed by atoms with Gasteiger partial charge in [-0.1, -0.05) is 6.07 Å². The van der Waals surface area contributed by atoms with Crippen molar-refractivity contribution in [2.45, 2.75) is 13.5 Å². The summed E-state index contributed by atoms with van der Waals surface area (Å²) in [4.78, 5) is 3.91. The summed E-state index contributed by atoms with van der Waals surface area (Å²) in [7, 11) is 0. The second kappa shape index (κ2) is 4.47. The number of hydrogen-bond acceptors (Lipinski definition) is 3. The van der Waals surface area contributed by atoms with Crippen molar-refractivity contribution >= 4 is 0 Å². The molecule has 0 radical (unpaired) electrons. The van der Waals surface area contributed by atoms with Crippen molar-refractivity contribution in [3.8, 4) is 6.07 Å². The number of pyridine rings is 1. The van der Waals surface area contributed by atoms with Crippen LogP contribution in [0.2, 0.25) is 0 Å². The zero-order valence-electron chi connectivity index (χ0n) is 6.95. The Balaban J connectivity index is 2.77. The monoisotopic (exact) mass is 162 g/mol. The van der Waals surface area contributed by atoms with Crippen molar-refractivity contribution in [3.63, 3.8) is 0 Å². The standard InChI is InChI=1S/C9H10N2O/c1-2-12-7-8-4-3-5-11-9(8)6-10/h3-5H,2,7H2,1H3. The molecular weight excluding hydrogens is 152 g/mol. The minimum atomic E-state index is 0.450. The lowest BCUT2D eigenvalue weighted by molar-refractivity contribution is 0.133. The van der Waals surface area contributed by atoms with E-state index in [4.69, 9.17) is 10.00 Å². The number of ether oxygens (including phenoxy) is 1. The van der Waals surface area contributed by atoms with E-state index in [0.717, 1.165) is 5.56 Å². The molecule has 0 N–H and O–H groups in total. The third kappa shape index (κ3) is 2.04. The number of nitrogens with zero attached hydrogens (tertiary/aromatic N) is 2. The van der Waals surface area contributed by atoms with Crippen molar-refractivity contribution < 1.29 is 4.74 Å². The first kappa shape index (κ1) is 8.69. The van der Waals surface area contributed by atoms with Gasteiger partial charge in [-0.05, 0) is 13.0 Å². The Bertz CT molecular complexity index is 291. The molecule has 0 spiro atoms. The highest BCUT2D eigenvalue weighted by Gasteiger charge is 2.00. The molecule has 0 bridgehead atoms. The van der Waals surface area contributed by atoms with Crippen LogP contribution in [0.15, 0.2) is 18.3 Å². The summed E-state index contributed by atoms with van der Waals surface area (Å²) >= 11 is 0. The average Bonchev–Trinajstić information content (AvgIpc) is 2.15. The molecule has 0 aliphatic carbocycles. The Kier molecular flexibility index (Phi) is 3.24. The maximum atomic E-state index is 8.65.